The number of thioether (sulfide) groups is 1. The monoisotopic (exact) mass is 498 g/mol. The van der Waals surface area contributed by atoms with Gasteiger partial charge in [0, 0.05) is 5.69 Å². The Labute approximate surface area is 178 Å². The lowest BCUT2D eigenvalue weighted by atomic mass is 10.2. The first-order valence-corrected chi connectivity index (χ1v) is 12.0. The molecule has 2 heterocycles. The Hall–Kier alpha value is -1.95. The van der Waals surface area contributed by atoms with Crippen molar-refractivity contribution in [2.24, 2.45) is 0 Å². The van der Waals surface area contributed by atoms with Crippen molar-refractivity contribution in [2.45, 2.75) is 21.2 Å². The predicted octanol–water partition coefficient (Wildman–Crippen LogP) is 3.75. The van der Waals surface area contributed by atoms with E-state index in [4.69, 9.17) is 5.73 Å². The molecule has 1 amide bonds. The van der Waals surface area contributed by atoms with Crippen LogP contribution < -0.4 is 11.1 Å². The minimum Gasteiger partial charge on any atom is -0.382 e. The summed E-state index contributed by atoms with van der Waals surface area (Å²) in [4.78, 5) is 20.0. The van der Waals surface area contributed by atoms with Gasteiger partial charge in [-0.25, -0.2) is 18.4 Å². The van der Waals surface area contributed by atoms with Gasteiger partial charge >= 0.3 is 0 Å². The smallest absolute Gasteiger partial charge is 0.234 e. The molecule has 0 unspecified atom stereocenters. The number of carbonyl (C=O) groups excluding carboxylic acids is 1. The molecule has 28 heavy (non-hydrogen) atoms. The number of nitrogens with zero attached hydrogens (tertiary/aromatic N) is 2. The molecule has 0 fully saturated rings. The summed E-state index contributed by atoms with van der Waals surface area (Å²) in [6, 6.07) is 10.6. The van der Waals surface area contributed by atoms with E-state index >= 15 is 0 Å². The van der Waals surface area contributed by atoms with Gasteiger partial charge in [-0.15, -0.1) is 11.3 Å². The molecular weight excluding hydrogens is 484 g/mol. The van der Waals surface area contributed by atoms with Gasteiger partial charge in [0.1, 0.15) is 14.9 Å². The molecule has 0 saturated heterocycles. The highest BCUT2D eigenvalue weighted by Gasteiger charge is 2.24. The standard InChI is InChI=1S/C17H15BrN4O3S3/c1-10-4-2-3-5-11(10)21-14(23)9-26-17-20-8-12(16(19)22-17)28(24,25)15-7-6-13(18)27-15/h2-8H,9H2,1H3,(H,21,23)(H2,19,20,22). The Kier molecular flexibility index (Phi) is 6.38. The zero-order valence-electron chi connectivity index (χ0n) is 14.5. The van der Waals surface area contributed by atoms with Crippen LogP contribution in [-0.2, 0) is 14.6 Å². The van der Waals surface area contributed by atoms with Gasteiger partial charge in [0.15, 0.2) is 5.16 Å². The molecule has 0 aliphatic carbocycles. The lowest BCUT2D eigenvalue weighted by Crippen LogP contribution is -2.15. The van der Waals surface area contributed by atoms with Crippen LogP contribution in [0.5, 0.6) is 0 Å². The third-order valence-electron chi connectivity index (χ3n) is 3.62. The SMILES string of the molecule is Cc1ccccc1NC(=O)CSc1ncc(S(=O)(=O)c2ccc(Br)s2)c(N)n1. The summed E-state index contributed by atoms with van der Waals surface area (Å²) in [7, 11) is -3.79. The van der Waals surface area contributed by atoms with Crippen LogP contribution in [0.3, 0.4) is 0 Å². The minimum atomic E-state index is -3.79. The number of nitrogens with two attached hydrogens (primary N) is 1. The number of thiophene rings is 1. The van der Waals surface area contributed by atoms with Crippen molar-refractivity contribution in [3.63, 3.8) is 0 Å². The second-order valence-corrected chi connectivity index (χ2v) is 11.2. The molecule has 11 heteroatoms. The van der Waals surface area contributed by atoms with Crippen molar-refractivity contribution in [3.05, 3.63) is 51.9 Å². The molecule has 0 aliphatic heterocycles. The molecular formula is C17H15BrN4O3S3. The largest absolute Gasteiger partial charge is 0.382 e. The van der Waals surface area contributed by atoms with Gasteiger partial charge in [-0.3, -0.25) is 4.79 Å². The molecule has 0 radical (unpaired) electrons. The summed E-state index contributed by atoms with van der Waals surface area (Å²) in [5.74, 6) is -0.305. The summed E-state index contributed by atoms with van der Waals surface area (Å²) >= 11 is 5.39. The van der Waals surface area contributed by atoms with Crippen LogP contribution >= 0.6 is 39.0 Å². The second-order valence-electron chi connectivity index (χ2n) is 5.62. The number of halogens is 1. The van der Waals surface area contributed by atoms with Crippen LogP contribution in [-0.4, -0.2) is 30.0 Å². The van der Waals surface area contributed by atoms with Crippen molar-refractivity contribution in [1.29, 1.82) is 0 Å². The van der Waals surface area contributed by atoms with Gasteiger partial charge < -0.3 is 11.1 Å². The zero-order chi connectivity index (χ0) is 20.3. The Morgan fingerprint density at radius 1 is 1.29 bits per heavy atom. The number of carbonyl (C=O) groups is 1. The number of hydrogen-bond donors (Lipinski definition) is 2. The second kappa shape index (κ2) is 8.60. The number of benzene rings is 1. The normalized spacial score (nSPS) is 11.4. The van der Waals surface area contributed by atoms with E-state index in [1.54, 1.807) is 6.07 Å². The Bertz CT molecular complexity index is 1130. The molecule has 3 N–H and O–H groups in total. The summed E-state index contributed by atoms with van der Waals surface area (Å²) in [6.07, 6.45) is 1.17. The summed E-state index contributed by atoms with van der Waals surface area (Å²) in [5.41, 5.74) is 7.54. The molecule has 0 saturated carbocycles. The van der Waals surface area contributed by atoms with Crippen molar-refractivity contribution in [3.8, 4) is 0 Å². The van der Waals surface area contributed by atoms with Gasteiger partial charge in [0.25, 0.3) is 0 Å². The van der Waals surface area contributed by atoms with Crippen LogP contribution in [0.2, 0.25) is 0 Å². The molecule has 0 atom stereocenters. The van der Waals surface area contributed by atoms with Crippen molar-refractivity contribution >= 4 is 66.3 Å². The van der Waals surface area contributed by atoms with Gasteiger partial charge in [-0.2, -0.15) is 0 Å². The number of aromatic nitrogens is 2. The highest BCUT2D eigenvalue weighted by atomic mass is 79.9. The number of hydrogen-bond acceptors (Lipinski definition) is 8. The highest BCUT2D eigenvalue weighted by molar-refractivity contribution is 9.11. The predicted molar refractivity (Wildman–Crippen MR) is 114 cm³/mol. The number of nitrogen functional groups attached to an aromatic ring is 1. The van der Waals surface area contributed by atoms with E-state index in [1.807, 2.05) is 31.2 Å². The van der Waals surface area contributed by atoms with E-state index in [0.29, 0.717) is 3.79 Å². The van der Waals surface area contributed by atoms with Gasteiger partial charge in [0.05, 0.1) is 15.7 Å². The summed E-state index contributed by atoms with van der Waals surface area (Å²) < 4.78 is 26.1. The van der Waals surface area contributed by atoms with E-state index in [-0.39, 0.29) is 31.7 Å². The quantitative estimate of drug-likeness (QED) is 0.392. The summed E-state index contributed by atoms with van der Waals surface area (Å²) in [5, 5.41) is 3.03. The molecule has 146 valence electrons. The fourth-order valence-electron chi connectivity index (χ4n) is 2.22. The molecule has 0 bridgehead atoms. The molecule has 3 rings (SSSR count). The Morgan fingerprint density at radius 2 is 2.04 bits per heavy atom. The molecule has 0 spiro atoms. The number of aryl methyl sites for hydroxylation is 1. The lowest BCUT2D eigenvalue weighted by molar-refractivity contribution is -0.113. The third kappa shape index (κ3) is 4.72. The first-order valence-electron chi connectivity index (χ1n) is 7.88. The minimum absolute atomic E-state index is 0.0672. The highest BCUT2D eigenvalue weighted by Crippen LogP contribution is 2.32. The first-order chi connectivity index (χ1) is 13.3. The molecule has 1 aromatic carbocycles. The maximum Gasteiger partial charge on any atom is 0.234 e. The molecule has 7 nitrogen and oxygen atoms in total. The Balaban J connectivity index is 1.69. The van der Waals surface area contributed by atoms with Crippen molar-refractivity contribution in [2.75, 3.05) is 16.8 Å². The lowest BCUT2D eigenvalue weighted by Gasteiger charge is -2.08. The van der Waals surface area contributed by atoms with Crippen LogP contribution in [0.25, 0.3) is 0 Å². The number of para-hydroxylation sites is 1. The van der Waals surface area contributed by atoms with Gasteiger partial charge in [0.2, 0.25) is 15.7 Å². The van der Waals surface area contributed by atoms with Crippen molar-refractivity contribution in [1.82, 2.24) is 9.97 Å². The van der Waals surface area contributed by atoms with Crippen LogP contribution in [0.15, 0.2) is 60.6 Å². The third-order valence-corrected chi connectivity index (χ3v) is 8.36. The van der Waals surface area contributed by atoms with Crippen LogP contribution in [0, 0.1) is 6.92 Å². The van der Waals surface area contributed by atoms with Crippen LogP contribution in [0.1, 0.15) is 5.56 Å². The van der Waals surface area contributed by atoms with Gasteiger partial charge in [-0.1, -0.05) is 30.0 Å². The van der Waals surface area contributed by atoms with E-state index in [9.17, 15) is 13.2 Å². The average molecular weight is 499 g/mol. The number of amides is 1. The summed E-state index contributed by atoms with van der Waals surface area (Å²) in [6.45, 7) is 1.90. The molecule has 2 aromatic heterocycles. The maximum absolute atomic E-state index is 12.6. The number of nitrogens with one attached hydrogen (secondary N) is 1. The Morgan fingerprint density at radius 3 is 2.68 bits per heavy atom. The molecule has 3 aromatic rings. The fraction of sp³-hybridized carbons (Fsp3) is 0.118. The first kappa shape index (κ1) is 20.8. The zero-order valence-corrected chi connectivity index (χ0v) is 18.6. The fourth-order valence-corrected chi connectivity index (χ4v) is 6.24. The van der Waals surface area contributed by atoms with E-state index < -0.39 is 9.84 Å². The molecule has 0 aliphatic rings. The van der Waals surface area contributed by atoms with E-state index in [1.165, 1.54) is 12.3 Å². The van der Waals surface area contributed by atoms with Crippen molar-refractivity contribution < 1.29 is 13.2 Å². The van der Waals surface area contributed by atoms with Gasteiger partial charge in [-0.05, 0) is 46.6 Å². The average Bonchev–Trinajstić information content (AvgIpc) is 3.09. The van der Waals surface area contributed by atoms with E-state index in [0.717, 1.165) is 34.3 Å². The topological polar surface area (TPSA) is 115 Å². The maximum atomic E-state index is 12.6. The number of anilines is 2. The van der Waals surface area contributed by atoms with E-state index in [2.05, 4.69) is 31.2 Å². The number of sulfone groups is 1. The number of rotatable bonds is 6. The van der Waals surface area contributed by atoms with Crippen LogP contribution in [0.4, 0.5) is 11.5 Å².